The summed E-state index contributed by atoms with van der Waals surface area (Å²) in [4.78, 5) is 10.6. The first-order valence-electron chi connectivity index (χ1n) is 11.7. The summed E-state index contributed by atoms with van der Waals surface area (Å²) < 4.78 is 15.4. The summed E-state index contributed by atoms with van der Waals surface area (Å²) in [6, 6.07) is 15.1. The van der Waals surface area contributed by atoms with Crippen molar-refractivity contribution in [2.75, 3.05) is 36.4 Å². The SMILES string of the molecule is Cc1ccccc1CN1CCN(c2nn3c(NC(C)(C)C)c(-c4ccc(F)cc4)nc3s2)CC1. The number of nitrogens with zero attached hydrogens (tertiary/aromatic N) is 5. The average molecular weight is 479 g/mol. The molecule has 0 unspecified atom stereocenters. The predicted octanol–water partition coefficient (Wildman–Crippen LogP) is 5.44. The van der Waals surface area contributed by atoms with E-state index < -0.39 is 0 Å². The summed E-state index contributed by atoms with van der Waals surface area (Å²) in [5.41, 5.74) is 4.24. The van der Waals surface area contributed by atoms with Crippen molar-refractivity contribution < 1.29 is 4.39 Å². The number of halogens is 1. The van der Waals surface area contributed by atoms with Gasteiger partial charge in [0.2, 0.25) is 10.1 Å². The maximum atomic E-state index is 13.5. The summed E-state index contributed by atoms with van der Waals surface area (Å²) in [5.74, 6) is 0.590. The Labute approximate surface area is 204 Å². The van der Waals surface area contributed by atoms with Gasteiger partial charge < -0.3 is 10.2 Å². The van der Waals surface area contributed by atoms with Crippen molar-refractivity contribution in [2.24, 2.45) is 0 Å². The van der Waals surface area contributed by atoms with Crippen molar-refractivity contribution in [3.8, 4) is 11.3 Å². The van der Waals surface area contributed by atoms with Crippen LogP contribution < -0.4 is 10.2 Å². The molecule has 0 spiro atoms. The van der Waals surface area contributed by atoms with Gasteiger partial charge in [-0.2, -0.15) is 4.52 Å². The first kappa shape index (κ1) is 22.8. The fourth-order valence-electron chi connectivity index (χ4n) is 4.27. The maximum Gasteiger partial charge on any atom is 0.216 e. The quantitative estimate of drug-likeness (QED) is 0.414. The zero-order valence-electron chi connectivity index (χ0n) is 20.2. The number of aromatic nitrogens is 3. The minimum Gasteiger partial charge on any atom is -0.364 e. The molecule has 6 nitrogen and oxygen atoms in total. The zero-order chi connectivity index (χ0) is 23.9. The molecule has 1 aliphatic rings. The Balaban J connectivity index is 1.37. The summed E-state index contributed by atoms with van der Waals surface area (Å²) >= 11 is 1.60. The Bertz CT molecular complexity index is 1280. The summed E-state index contributed by atoms with van der Waals surface area (Å²) in [7, 11) is 0. The van der Waals surface area contributed by atoms with Gasteiger partial charge in [-0.1, -0.05) is 35.6 Å². The van der Waals surface area contributed by atoms with Crippen molar-refractivity contribution in [1.29, 1.82) is 0 Å². The molecule has 3 heterocycles. The van der Waals surface area contributed by atoms with Gasteiger partial charge in [0.1, 0.15) is 11.5 Å². The minimum absolute atomic E-state index is 0.171. The first-order chi connectivity index (χ1) is 16.3. The van der Waals surface area contributed by atoms with Crippen molar-refractivity contribution in [3.05, 3.63) is 65.5 Å². The maximum absolute atomic E-state index is 13.5. The number of hydrogen-bond acceptors (Lipinski definition) is 6. The van der Waals surface area contributed by atoms with Gasteiger partial charge in [-0.3, -0.25) is 4.90 Å². The highest BCUT2D eigenvalue weighted by molar-refractivity contribution is 7.20. The molecule has 2 aromatic heterocycles. The second-order valence-corrected chi connectivity index (χ2v) is 10.9. The molecule has 8 heteroatoms. The lowest BCUT2D eigenvalue weighted by molar-refractivity contribution is 0.249. The third-order valence-electron chi connectivity index (χ3n) is 6.10. The van der Waals surface area contributed by atoms with Gasteiger partial charge in [0.05, 0.1) is 0 Å². The molecule has 0 saturated carbocycles. The van der Waals surface area contributed by atoms with Crippen LogP contribution >= 0.6 is 11.3 Å². The van der Waals surface area contributed by atoms with Crippen LogP contribution in [0, 0.1) is 12.7 Å². The number of fused-ring (bicyclic) bond motifs is 1. The molecule has 0 bridgehead atoms. The standard InChI is InChI=1S/C26H31FN6S/c1-18-7-5-6-8-20(18)17-31-13-15-32(16-14-31)25-30-33-23(29-26(2,3)4)22(28-24(33)34-25)19-9-11-21(27)12-10-19/h5-12,29H,13-17H2,1-4H3. The topological polar surface area (TPSA) is 48.7 Å². The number of aryl methyl sites for hydroxylation is 1. The molecule has 5 rings (SSSR count). The Hall–Kier alpha value is -2.97. The van der Waals surface area contributed by atoms with Crippen LogP contribution in [-0.4, -0.2) is 51.2 Å². The highest BCUT2D eigenvalue weighted by atomic mass is 32.1. The molecule has 1 N–H and O–H groups in total. The third kappa shape index (κ3) is 4.79. The van der Waals surface area contributed by atoms with Gasteiger partial charge >= 0.3 is 0 Å². The fraction of sp³-hybridized carbons (Fsp3) is 0.385. The zero-order valence-corrected chi connectivity index (χ0v) is 21.0. The van der Waals surface area contributed by atoms with E-state index >= 15 is 0 Å². The molecule has 0 atom stereocenters. The van der Waals surface area contributed by atoms with Gasteiger partial charge in [0.15, 0.2) is 5.82 Å². The lowest BCUT2D eigenvalue weighted by atomic mass is 10.1. The highest BCUT2D eigenvalue weighted by Gasteiger charge is 2.25. The Morgan fingerprint density at radius 3 is 2.38 bits per heavy atom. The molecule has 0 radical (unpaired) electrons. The first-order valence-corrected chi connectivity index (χ1v) is 12.5. The van der Waals surface area contributed by atoms with Crippen molar-refractivity contribution in [2.45, 2.75) is 39.8 Å². The van der Waals surface area contributed by atoms with Crippen LogP contribution in [0.25, 0.3) is 16.2 Å². The second-order valence-electron chi connectivity index (χ2n) is 9.96. The molecule has 0 amide bonds. The van der Waals surface area contributed by atoms with Crippen molar-refractivity contribution in [3.63, 3.8) is 0 Å². The van der Waals surface area contributed by atoms with Crippen LogP contribution in [0.3, 0.4) is 0 Å². The molecule has 1 saturated heterocycles. The van der Waals surface area contributed by atoms with Crippen LogP contribution in [-0.2, 0) is 6.54 Å². The fourth-order valence-corrected chi connectivity index (χ4v) is 5.22. The summed E-state index contributed by atoms with van der Waals surface area (Å²) in [6.45, 7) is 13.4. The van der Waals surface area contributed by atoms with Gasteiger partial charge in [0, 0.05) is 43.8 Å². The van der Waals surface area contributed by atoms with Crippen LogP contribution in [0.4, 0.5) is 15.3 Å². The van der Waals surface area contributed by atoms with Crippen LogP contribution in [0.15, 0.2) is 48.5 Å². The molecule has 34 heavy (non-hydrogen) atoms. The van der Waals surface area contributed by atoms with E-state index in [4.69, 9.17) is 10.1 Å². The number of piperazine rings is 1. The monoisotopic (exact) mass is 478 g/mol. The number of anilines is 2. The van der Waals surface area contributed by atoms with Crippen molar-refractivity contribution >= 4 is 27.2 Å². The van der Waals surface area contributed by atoms with E-state index in [2.05, 4.69) is 67.1 Å². The van der Waals surface area contributed by atoms with E-state index in [1.807, 2.05) is 4.52 Å². The molecule has 4 aromatic rings. The van der Waals surface area contributed by atoms with E-state index in [0.717, 1.165) is 59.9 Å². The Morgan fingerprint density at radius 2 is 1.71 bits per heavy atom. The van der Waals surface area contributed by atoms with E-state index in [1.54, 1.807) is 23.5 Å². The number of benzene rings is 2. The average Bonchev–Trinajstić information content (AvgIpc) is 3.35. The highest BCUT2D eigenvalue weighted by Crippen LogP contribution is 2.35. The van der Waals surface area contributed by atoms with E-state index in [9.17, 15) is 4.39 Å². The smallest absolute Gasteiger partial charge is 0.216 e. The van der Waals surface area contributed by atoms with Gasteiger partial charge in [-0.15, -0.1) is 5.10 Å². The molecule has 1 aliphatic heterocycles. The second kappa shape index (κ2) is 9.00. The molecule has 0 aliphatic carbocycles. The Kier molecular flexibility index (Phi) is 6.04. The lowest BCUT2D eigenvalue weighted by Gasteiger charge is -2.34. The number of imidazole rings is 1. The molecule has 1 fully saturated rings. The van der Waals surface area contributed by atoms with Gasteiger partial charge in [-0.05, 0) is 63.1 Å². The number of nitrogens with one attached hydrogen (secondary N) is 1. The Morgan fingerprint density at radius 1 is 1.00 bits per heavy atom. The summed E-state index contributed by atoms with van der Waals surface area (Å²) in [5, 5.41) is 9.50. The van der Waals surface area contributed by atoms with E-state index in [-0.39, 0.29) is 11.4 Å². The van der Waals surface area contributed by atoms with Crippen molar-refractivity contribution in [1.82, 2.24) is 19.5 Å². The number of hydrogen-bond donors (Lipinski definition) is 1. The van der Waals surface area contributed by atoms with E-state index in [1.165, 1.54) is 23.3 Å². The van der Waals surface area contributed by atoms with Crippen LogP contribution in [0.1, 0.15) is 31.9 Å². The molecular weight excluding hydrogens is 447 g/mol. The molecule has 2 aromatic carbocycles. The van der Waals surface area contributed by atoms with E-state index in [0.29, 0.717) is 0 Å². The normalized spacial score (nSPS) is 15.3. The van der Waals surface area contributed by atoms with Gasteiger partial charge in [0.25, 0.3) is 0 Å². The molecule has 178 valence electrons. The van der Waals surface area contributed by atoms with Crippen LogP contribution in [0.2, 0.25) is 0 Å². The lowest BCUT2D eigenvalue weighted by Crippen LogP contribution is -2.46. The van der Waals surface area contributed by atoms with Crippen LogP contribution in [0.5, 0.6) is 0 Å². The third-order valence-corrected chi connectivity index (χ3v) is 7.07. The predicted molar refractivity (Wildman–Crippen MR) is 138 cm³/mol. The summed E-state index contributed by atoms with van der Waals surface area (Å²) in [6.07, 6.45) is 0. The molecular formula is C26H31FN6S. The number of rotatable bonds is 5. The largest absolute Gasteiger partial charge is 0.364 e. The van der Waals surface area contributed by atoms with Gasteiger partial charge in [-0.25, -0.2) is 9.37 Å². The minimum atomic E-state index is -0.253.